The van der Waals surface area contributed by atoms with Gasteiger partial charge in [0.15, 0.2) is 5.13 Å². The smallest absolute Gasteiger partial charge is 0.217 e. The van der Waals surface area contributed by atoms with Crippen molar-refractivity contribution in [2.75, 3.05) is 31.2 Å². The van der Waals surface area contributed by atoms with Crippen molar-refractivity contribution in [2.45, 2.75) is 51.4 Å². The summed E-state index contributed by atoms with van der Waals surface area (Å²) in [5.74, 6) is 1.02. The molecule has 0 spiro atoms. The van der Waals surface area contributed by atoms with Crippen molar-refractivity contribution in [1.82, 2.24) is 15.3 Å². The van der Waals surface area contributed by atoms with E-state index in [1.807, 2.05) is 24.0 Å². The van der Waals surface area contributed by atoms with Crippen LogP contribution >= 0.6 is 11.3 Å². The lowest BCUT2D eigenvalue weighted by Gasteiger charge is -2.35. The number of rotatable bonds is 8. The van der Waals surface area contributed by atoms with Gasteiger partial charge in [-0.25, -0.2) is 14.4 Å². The molecule has 1 saturated heterocycles. The number of halogens is 1. The molecule has 0 aromatic carbocycles. The number of amides is 1. The fourth-order valence-corrected chi connectivity index (χ4v) is 4.68. The third-order valence-electron chi connectivity index (χ3n) is 5.31. The van der Waals surface area contributed by atoms with Crippen LogP contribution in [0.1, 0.15) is 33.1 Å². The standard InChI is InChI=1S/C20H27FN4O3S/c1-12(22-13(2)26)10-27-16-7-14(8-16)11-28-18-4-3-17-19(24-18)29-20(23-17)25-6-5-15(21)9-25/h3-4,12,14-16H,5-11H2,1-2H3,(H,22,26)/t12-,14-,15-,16-/m0/s1. The fourth-order valence-electron chi connectivity index (χ4n) is 3.71. The highest BCUT2D eigenvalue weighted by molar-refractivity contribution is 7.21. The van der Waals surface area contributed by atoms with E-state index >= 15 is 0 Å². The Morgan fingerprint density at radius 2 is 2.24 bits per heavy atom. The minimum Gasteiger partial charge on any atom is -0.477 e. The molecule has 1 aliphatic carbocycles. The molecular formula is C20H27FN4O3S. The van der Waals surface area contributed by atoms with Crippen LogP contribution in [0.4, 0.5) is 9.52 Å². The Balaban J connectivity index is 1.22. The Morgan fingerprint density at radius 1 is 1.41 bits per heavy atom. The first-order valence-electron chi connectivity index (χ1n) is 10.1. The molecule has 2 fully saturated rings. The van der Waals surface area contributed by atoms with Gasteiger partial charge in [-0.1, -0.05) is 11.3 Å². The molecule has 1 aliphatic heterocycles. The maximum absolute atomic E-state index is 13.4. The zero-order valence-electron chi connectivity index (χ0n) is 16.8. The molecule has 2 aromatic heterocycles. The van der Waals surface area contributed by atoms with E-state index in [-0.39, 0.29) is 18.1 Å². The van der Waals surface area contributed by atoms with Gasteiger partial charge in [-0.05, 0) is 38.2 Å². The summed E-state index contributed by atoms with van der Waals surface area (Å²) in [6.45, 7) is 5.71. The number of nitrogens with one attached hydrogen (secondary N) is 1. The van der Waals surface area contributed by atoms with E-state index in [2.05, 4.69) is 15.3 Å². The summed E-state index contributed by atoms with van der Waals surface area (Å²) < 4.78 is 25.1. The predicted molar refractivity (Wildman–Crippen MR) is 110 cm³/mol. The maximum Gasteiger partial charge on any atom is 0.217 e. The second-order valence-corrected chi connectivity index (χ2v) is 8.96. The molecular weight excluding hydrogens is 395 g/mol. The first-order valence-corrected chi connectivity index (χ1v) is 11.0. The number of anilines is 1. The Kier molecular flexibility index (Phi) is 6.15. The number of hydrogen-bond donors (Lipinski definition) is 1. The zero-order valence-corrected chi connectivity index (χ0v) is 17.6. The molecule has 1 saturated carbocycles. The highest BCUT2D eigenvalue weighted by atomic mass is 32.1. The average molecular weight is 423 g/mol. The van der Waals surface area contributed by atoms with E-state index in [4.69, 9.17) is 9.47 Å². The second kappa shape index (κ2) is 8.79. The van der Waals surface area contributed by atoms with Crippen molar-refractivity contribution >= 4 is 32.7 Å². The van der Waals surface area contributed by atoms with Gasteiger partial charge in [0, 0.05) is 25.6 Å². The highest BCUT2D eigenvalue weighted by Gasteiger charge is 2.31. The van der Waals surface area contributed by atoms with E-state index < -0.39 is 6.17 Å². The Hall–Kier alpha value is -2.00. The molecule has 2 atom stereocenters. The van der Waals surface area contributed by atoms with E-state index in [1.165, 1.54) is 18.3 Å². The molecule has 1 amide bonds. The molecule has 158 valence electrons. The van der Waals surface area contributed by atoms with Gasteiger partial charge in [0.05, 0.1) is 25.9 Å². The lowest BCUT2D eigenvalue weighted by molar-refractivity contribution is -0.120. The van der Waals surface area contributed by atoms with E-state index in [9.17, 15) is 9.18 Å². The maximum atomic E-state index is 13.4. The van der Waals surface area contributed by atoms with E-state index in [1.54, 1.807) is 0 Å². The number of aromatic nitrogens is 2. The second-order valence-electron chi connectivity index (χ2n) is 8.01. The number of alkyl halides is 1. The van der Waals surface area contributed by atoms with Gasteiger partial charge in [0.2, 0.25) is 11.8 Å². The summed E-state index contributed by atoms with van der Waals surface area (Å²) >= 11 is 1.49. The van der Waals surface area contributed by atoms with Crippen LogP contribution in [0.3, 0.4) is 0 Å². The Labute approximate surface area is 173 Å². The van der Waals surface area contributed by atoms with Crippen LogP contribution in [0.2, 0.25) is 0 Å². The summed E-state index contributed by atoms with van der Waals surface area (Å²) in [6, 6.07) is 3.78. The number of nitrogens with zero attached hydrogens (tertiary/aromatic N) is 3. The van der Waals surface area contributed by atoms with Crippen molar-refractivity contribution in [1.29, 1.82) is 0 Å². The lowest BCUT2D eigenvalue weighted by Crippen LogP contribution is -2.40. The first kappa shape index (κ1) is 20.3. The van der Waals surface area contributed by atoms with E-state index in [0.29, 0.717) is 44.5 Å². The number of carbonyl (C=O) groups is 1. The molecule has 0 bridgehead atoms. The Bertz CT molecular complexity index is 857. The van der Waals surface area contributed by atoms with Crippen LogP contribution < -0.4 is 15.0 Å². The minimum atomic E-state index is -0.766. The summed E-state index contributed by atoms with van der Waals surface area (Å²) in [4.78, 5) is 23.0. The molecule has 3 heterocycles. The van der Waals surface area contributed by atoms with E-state index in [0.717, 1.165) is 28.3 Å². The zero-order chi connectivity index (χ0) is 20.4. The summed E-state index contributed by atoms with van der Waals surface area (Å²) in [6.07, 6.45) is 1.95. The number of pyridine rings is 1. The molecule has 0 radical (unpaired) electrons. The number of thiazole rings is 1. The van der Waals surface area contributed by atoms with Crippen molar-refractivity contribution < 1.29 is 18.7 Å². The van der Waals surface area contributed by atoms with Gasteiger partial charge in [0.1, 0.15) is 16.5 Å². The third-order valence-corrected chi connectivity index (χ3v) is 6.34. The van der Waals surface area contributed by atoms with Crippen LogP contribution in [0.25, 0.3) is 10.3 Å². The van der Waals surface area contributed by atoms with Crippen LogP contribution in [0.5, 0.6) is 5.88 Å². The molecule has 1 N–H and O–H groups in total. The summed E-state index contributed by atoms with van der Waals surface area (Å²) in [7, 11) is 0. The van der Waals surface area contributed by atoms with Crippen LogP contribution in [0, 0.1) is 5.92 Å². The molecule has 2 aromatic rings. The van der Waals surface area contributed by atoms with Crippen molar-refractivity contribution in [3.63, 3.8) is 0 Å². The van der Waals surface area contributed by atoms with Gasteiger partial charge >= 0.3 is 0 Å². The molecule has 2 aliphatic rings. The molecule has 7 nitrogen and oxygen atoms in total. The van der Waals surface area contributed by atoms with Gasteiger partial charge in [-0.3, -0.25) is 4.79 Å². The minimum absolute atomic E-state index is 0.0272. The van der Waals surface area contributed by atoms with Gasteiger partial charge < -0.3 is 19.7 Å². The predicted octanol–water partition coefficient (Wildman–Crippen LogP) is 2.94. The summed E-state index contributed by atoms with van der Waals surface area (Å²) in [5, 5.41) is 3.65. The third kappa shape index (κ3) is 5.14. The molecule has 29 heavy (non-hydrogen) atoms. The van der Waals surface area contributed by atoms with Crippen molar-refractivity contribution in [3.8, 4) is 5.88 Å². The molecule has 4 rings (SSSR count). The SMILES string of the molecule is CC(=O)N[C@@H](C)CO[C@H]1C[C@H](COc2ccc3nc(N4CC[C@H](F)C4)sc3n2)C1. The first-order chi connectivity index (χ1) is 14.0. The quantitative estimate of drug-likeness (QED) is 0.705. The summed E-state index contributed by atoms with van der Waals surface area (Å²) in [5.41, 5.74) is 0.824. The number of fused-ring (bicyclic) bond motifs is 1. The van der Waals surface area contributed by atoms with Crippen LogP contribution in [-0.2, 0) is 9.53 Å². The molecule has 0 unspecified atom stereocenters. The number of hydrogen-bond acceptors (Lipinski definition) is 7. The largest absolute Gasteiger partial charge is 0.477 e. The average Bonchev–Trinajstić information content (AvgIpc) is 3.24. The number of ether oxygens (including phenoxy) is 2. The highest BCUT2D eigenvalue weighted by Crippen LogP contribution is 2.33. The normalized spacial score (nSPS) is 25.1. The topological polar surface area (TPSA) is 76.6 Å². The lowest BCUT2D eigenvalue weighted by atomic mass is 9.83. The van der Waals surface area contributed by atoms with Gasteiger partial charge in [-0.2, -0.15) is 0 Å². The van der Waals surface area contributed by atoms with Crippen LogP contribution in [0.15, 0.2) is 12.1 Å². The molecule has 9 heteroatoms. The van der Waals surface area contributed by atoms with Crippen molar-refractivity contribution in [2.24, 2.45) is 5.92 Å². The monoisotopic (exact) mass is 422 g/mol. The number of carbonyl (C=O) groups excluding carboxylic acids is 1. The van der Waals surface area contributed by atoms with Crippen molar-refractivity contribution in [3.05, 3.63) is 12.1 Å². The fraction of sp³-hybridized carbons (Fsp3) is 0.650. The van der Waals surface area contributed by atoms with Gasteiger partial charge in [-0.15, -0.1) is 0 Å². The Morgan fingerprint density at radius 3 is 2.97 bits per heavy atom. The van der Waals surface area contributed by atoms with Gasteiger partial charge in [0.25, 0.3) is 0 Å². The van der Waals surface area contributed by atoms with Crippen LogP contribution in [-0.4, -0.2) is 60.5 Å².